The number of aromatic nitrogens is 2. The molecule has 0 saturated carbocycles. The molecule has 1 heterocycles. The van der Waals surface area contributed by atoms with Crippen LogP contribution in [0, 0.1) is 0 Å². The predicted octanol–water partition coefficient (Wildman–Crippen LogP) is 0.236. The molecule has 5 heteroatoms. The molecule has 13 heavy (non-hydrogen) atoms. The summed E-state index contributed by atoms with van der Waals surface area (Å²) in [6.45, 7) is 0.708. The highest BCUT2D eigenvalue weighted by molar-refractivity contribution is 5.82. The van der Waals surface area contributed by atoms with Gasteiger partial charge in [0.25, 0.3) is 0 Å². The van der Waals surface area contributed by atoms with E-state index in [1.165, 1.54) is 12.4 Å². The monoisotopic (exact) mass is 181 g/mol. The van der Waals surface area contributed by atoms with E-state index in [4.69, 9.17) is 5.11 Å². The van der Waals surface area contributed by atoms with Gasteiger partial charge in [0.05, 0.1) is 0 Å². The first-order valence-electron chi connectivity index (χ1n) is 3.78. The standard InChI is InChI=1S/C8H11N3O2/c1-11(2)5-6-3-9-7(8(12)13)10-4-6/h3-4H,5H2,1-2H3,(H,12,13). The Morgan fingerprint density at radius 2 is 2.00 bits per heavy atom. The highest BCUT2D eigenvalue weighted by Gasteiger charge is 2.05. The van der Waals surface area contributed by atoms with Crippen LogP contribution in [-0.2, 0) is 6.54 Å². The molecule has 1 aromatic rings. The van der Waals surface area contributed by atoms with E-state index in [0.717, 1.165) is 5.56 Å². The molecule has 0 spiro atoms. The molecule has 0 unspecified atom stereocenters. The molecule has 1 aromatic heterocycles. The van der Waals surface area contributed by atoms with E-state index in [2.05, 4.69) is 9.97 Å². The fourth-order valence-electron chi connectivity index (χ4n) is 0.912. The van der Waals surface area contributed by atoms with E-state index in [0.29, 0.717) is 6.54 Å². The lowest BCUT2D eigenvalue weighted by Gasteiger charge is -2.07. The highest BCUT2D eigenvalue weighted by Crippen LogP contribution is 1.98. The predicted molar refractivity (Wildman–Crippen MR) is 46.4 cm³/mol. The summed E-state index contributed by atoms with van der Waals surface area (Å²) in [6, 6.07) is 0. The van der Waals surface area contributed by atoms with Crippen LogP contribution in [0.5, 0.6) is 0 Å². The average molecular weight is 181 g/mol. The Morgan fingerprint density at radius 1 is 1.46 bits per heavy atom. The van der Waals surface area contributed by atoms with E-state index >= 15 is 0 Å². The van der Waals surface area contributed by atoms with Crippen LogP contribution in [0.15, 0.2) is 12.4 Å². The van der Waals surface area contributed by atoms with Crippen molar-refractivity contribution >= 4 is 5.97 Å². The first-order chi connectivity index (χ1) is 6.09. The lowest BCUT2D eigenvalue weighted by atomic mass is 10.3. The molecule has 70 valence electrons. The SMILES string of the molecule is CN(C)Cc1cnc(C(=O)O)nc1. The van der Waals surface area contributed by atoms with Crippen LogP contribution in [0.4, 0.5) is 0 Å². The second-order valence-corrected chi connectivity index (χ2v) is 2.96. The van der Waals surface area contributed by atoms with Crippen LogP contribution in [0.2, 0.25) is 0 Å². The summed E-state index contributed by atoms with van der Waals surface area (Å²) in [7, 11) is 3.84. The first kappa shape index (κ1) is 9.60. The second kappa shape index (κ2) is 3.95. The van der Waals surface area contributed by atoms with Crippen molar-refractivity contribution in [2.75, 3.05) is 14.1 Å². The van der Waals surface area contributed by atoms with E-state index < -0.39 is 5.97 Å². The molecule has 0 fully saturated rings. The van der Waals surface area contributed by atoms with Gasteiger partial charge in [0.15, 0.2) is 0 Å². The van der Waals surface area contributed by atoms with Crippen LogP contribution in [0.25, 0.3) is 0 Å². The van der Waals surface area contributed by atoms with Crippen LogP contribution in [-0.4, -0.2) is 40.0 Å². The van der Waals surface area contributed by atoms with Crippen LogP contribution >= 0.6 is 0 Å². The maximum atomic E-state index is 10.4. The number of hydrogen-bond acceptors (Lipinski definition) is 4. The Balaban J connectivity index is 2.75. The Morgan fingerprint density at radius 3 is 2.38 bits per heavy atom. The Bertz CT molecular complexity index is 295. The van der Waals surface area contributed by atoms with Crippen molar-refractivity contribution < 1.29 is 9.90 Å². The van der Waals surface area contributed by atoms with Gasteiger partial charge in [-0.25, -0.2) is 14.8 Å². The zero-order valence-electron chi connectivity index (χ0n) is 7.56. The van der Waals surface area contributed by atoms with Crippen molar-refractivity contribution in [3.63, 3.8) is 0 Å². The largest absolute Gasteiger partial charge is 0.475 e. The summed E-state index contributed by atoms with van der Waals surface area (Å²) in [4.78, 5) is 19.7. The summed E-state index contributed by atoms with van der Waals surface area (Å²) in [5, 5.41) is 8.52. The van der Waals surface area contributed by atoms with Crippen LogP contribution in [0.3, 0.4) is 0 Å². The molecule has 0 saturated heterocycles. The zero-order valence-corrected chi connectivity index (χ0v) is 7.56. The first-order valence-corrected chi connectivity index (χ1v) is 3.78. The molecule has 1 N–H and O–H groups in total. The quantitative estimate of drug-likeness (QED) is 0.723. The van der Waals surface area contributed by atoms with Gasteiger partial charge < -0.3 is 10.0 Å². The maximum absolute atomic E-state index is 10.4. The molecule has 0 bridgehead atoms. The lowest BCUT2D eigenvalue weighted by molar-refractivity contribution is 0.0683. The van der Waals surface area contributed by atoms with Gasteiger partial charge in [0.2, 0.25) is 5.82 Å². The van der Waals surface area contributed by atoms with E-state index in [9.17, 15) is 4.79 Å². The van der Waals surface area contributed by atoms with Crippen molar-refractivity contribution in [3.8, 4) is 0 Å². The third-order valence-electron chi connectivity index (χ3n) is 1.40. The molecule has 0 aliphatic carbocycles. The Kier molecular flexibility index (Phi) is 2.92. The molecule has 5 nitrogen and oxygen atoms in total. The molecule has 0 radical (unpaired) electrons. The highest BCUT2D eigenvalue weighted by atomic mass is 16.4. The maximum Gasteiger partial charge on any atom is 0.373 e. The minimum Gasteiger partial charge on any atom is -0.475 e. The van der Waals surface area contributed by atoms with E-state index in [1.807, 2.05) is 19.0 Å². The van der Waals surface area contributed by atoms with Gasteiger partial charge in [0, 0.05) is 24.5 Å². The van der Waals surface area contributed by atoms with Gasteiger partial charge in [-0.2, -0.15) is 0 Å². The number of rotatable bonds is 3. The number of nitrogens with zero attached hydrogens (tertiary/aromatic N) is 3. The van der Waals surface area contributed by atoms with Crippen molar-refractivity contribution in [2.45, 2.75) is 6.54 Å². The number of aromatic carboxylic acids is 1. The topological polar surface area (TPSA) is 66.3 Å². The molecular formula is C8H11N3O2. The molecule has 0 aliphatic rings. The van der Waals surface area contributed by atoms with Crippen LogP contribution < -0.4 is 0 Å². The molecule has 1 rings (SSSR count). The number of hydrogen-bond donors (Lipinski definition) is 1. The van der Waals surface area contributed by atoms with Gasteiger partial charge in [-0.3, -0.25) is 0 Å². The number of carboxylic acids is 1. The van der Waals surface area contributed by atoms with Gasteiger partial charge in [-0.15, -0.1) is 0 Å². The fourth-order valence-corrected chi connectivity index (χ4v) is 0.912. The minimum atomic E-state index is -1.10. The van der Waals surface area contributed by atoms with Gasteiger partial charge in [-0.05, 0) is 14.1 Å². The third-order valence-corrected chi connectivity index (χ3v) is 1.40. The number of carboxylic acid groups (broad SMARTS) is 1. The van der Waals surface area contributed by atoms with Crippen molar-refractivity contribution in [1.29, 1.82) is 0 Å². The smallest absolute Gasteiger partial charge is 0.373 e. The third kappa shape index (κ3) is 2.79. The average Bonchev–Trinajstić information content (AvgIpc) is 2.04. The summed E-state index contributed by atoms with van der Waals surface area (Å²) >= 11 is 0. The van der Waals surface area contributed by atoms with Gasteiger partial charge in [0.1, 0.15) is 0 Å². The Hall–Kier alpha value is -1.49. The number of carbonyl (C=O) groups is 1. The summed E-state index contributed by atoms with van der Waals surface area (Å²) in [5.41, 5.74) is 0.898. The van der Waals surface area contributed by atoms with Crippen LogP contribution in [0.1, 0.15) is 16.2 Å². The van der Waals surface area contributed by atoms with Gasteiger partial charge in [-0.1, -0.05) is 0 Å². The minimum absolute atomic E-state index is 0.164. The molecular weight excluding hydrogens is 170 g/mol. The second-order valence-electron chi connectivity index (χ2n) is 2.96. The fraction of sp³-hybridized carbons (Fsp3) is 0.375. The van der Waals surface area contributed by atoms with Crippen molar-refractivity contribution in [2.24, 2.45) is 0 Å². The lowest BCUT2D eigenvalue weighted by Crippen LogP contribution is -2.12. The molecule has 0 aliphatic heterocycles. The zero-order chi connectivity index (χ0) is 9.84. The summed E-state index contributed by atoms with van der Waals surface area (Å²) < 4.78 is 0. The van der Waals surface area contributed by atoms with Gasteiger partial charge >= 0.3 is 5.97 Å². The van der Waals surface area contributed by atoms with E-state index in [-0.39, 0.29) is 5.82 Å². The molecule has 0 atom stereocenters. The summed E-state index contributed by atoms with van der Waals surface area (Å²) in [5.74, 6) is -1.26. The Labute approximate surface area is 76.0 Å². The van der Waals surface area contributed by atoms with Crippen molar-refractivity contribution in [3.05, 3.63) is 23.8 Å². The van der Waals surface area contributed by atoms with Crippen molar-refractivity contribution in [1.82, 2.24) is 14.9 Å². The normalized spacial score (nSPS) is 10.4. The molecule has 0 amide bonds. The molecule has 0 aromatic carbocycles. The summed E-state index contributed by atoms with van der Waals surface area (Å²) in [6.07, 6.45) is 3.05. The van der Waals surface area contributed by atoms with E-state index in [1.54, 1.807) is 0 Å².